The predicted octanol–water partition coefficient (Wildman–Crippen LogP) is 2.29. The summed E-state index contributed by atoms with van der Waals surface area (Å²) < 4.78 is 11.2. The normalized spacial score (nSPS) is 19.5. The van der Waals surface area contributed by atoms with Gasteiger partial charge in [0.1, 0.15) is 0 Å². The van der Waals surface area contributed by atoms with Crippen molar-refractivity contribution in [3.8, 4) is 0 Å². The summed E-state index contributed by atoms with van der Waals surface area (Å²) >= 11 is 0. The zero-order valence-electron chi connectivity index (χ0n) is 12.4. The Hall–Kier alpha value is -1.56. The number of benzene rings is 1. The number of rotatable bonds is 7. The lowest BCUT2D eigenvalue weighted by Gasteiger charge is -2.22. The van der Waals surface area contributed by atoms with Crippen LogP contribution in [0.4, 0.5) is 5.69 Å². The quantitative estimate of drug-likeness (QED) is 0.718. The van der Waals surface area contributed by atoms with Gasteiger partial charge in [0.25, 0.3) is 0 Å². The lowest BCUT2D eigenvalue weighted by Crippen LogP contribution is -2.23. The Balaban J connectivity index is 1.67. The van der Waals surface area contributed by atoms with Gasteiger partial charge in [-0.05, 0) is 37.0 Å². The first kappa shape index (κ1) is 15.8. The van der Waals surface area contributed by atoms with Crippen LogP contribution in [0.5, 0.6) is 0 Å². The Morgan fingerprint density at radius 3 is 2.81 bits per heavy atom. The summed E-state index contributed by atoms with van der Waals surface area (Å²) in [4.78, 5) is 0. The summed E-state index contributed by atoms with van der Waals surface area (Å²) in [5.41, 5.74) is 14.4. The smallest absolute Gasteiger partial charge is 0.157 e. The van der Waals surface area contributed by atoms with Crippen molar-refractivity contribution in [2.45, 2.75) is 38.5 Å². The van der Waals surface area contributed by atoms with Crippen LogP contribution >= 0.6 is 0 Å². The third-order valence-electron chi connectivity index (χ3n) is 3.45. The van der Waals surface area contributed by atoms with Crippen LogP contribution in [0.1, 0.15) is 31.2 Å². The average Bonchev–Trinajstić information content (AvgIpc) is 2.54. The van der Waals surface area contributed by atoms with Gasteiger partial charge in [0.2, 0.25) is 0 Å². The molecule has 2 rings (SSSR count). The van der Waals surface area contributed by atoms with E-state index >= 15 is 0 Å². The van der Waals surface area contributed by atoms with Crippen LogP contribution < -0.4 is 16.8 Å². The highest BCUT2D eigenvalue weighted by molar-refractivity contribution is 5.47. The van der Waals surface area contributed by atoms with Crippen molar-refractivity contribution in [3.05, 3.63) is 41.7 Å². The molecule has 1 saturated heterocycles. The Morgan fingerprint density at radius 2 is 2.14 bits per heavy atom. The zero-order valence-corrected chi connectivity index (χ0v) is 12.4. The number of nitrogens with two attached hydrogens (primary N) is 2. The molecule has 0 aromatic heterocycles. The Labute approximate surface area is 126 Å². The van der Waals surface area contributed by atoms with Crippen LogP contribution in [0.3, 0.4) is 0 Å². The zero-order chi connectivity index (χ0) is 14.9. The molecular weight excluding hydrogens is 266 g/mol. The Kier molecular flexibility index (Phi) is 6.53. The van der Waals surface area contributed by atoms with E-state index in [2.05, 4.69) is 5.32 Å². The number of hydrogen-bond donors (Lipinski definition) is 3. The van der Waals surface area contributed by atoms with Crippen molar-refractivity contribution >= 4 is 5.69 Å². The molecule has 1 fully saturated rings. The minimum atomic E-state index is -0.0525. The molecular formula is C16H25N3O2. The molecule has 0 spiro atoms. The Bertz CT molecular complexity index is 439. The molecule has 0 saturated carbocycles. The molecule has 5 nitrogen and oxygen atoms in total. The van der Waals surface area contributed by atoms with Gasteiger partial charge in [-0.25, -0.2) is 0 Å². The summed E-state index contributed by atoms with van der Waals surface area (Å²) in [6, 6.07) is 7.96. The molecule has 1 heterocycles. The van der Waals surface area contributed by atoms with Gasteiger partial charge in [-0.2, -0.15) is 0 Å². The maximum atomic E-state index is 5.95. The fourth-order valence-corrected chi connectivity index (χ4v) is 2.14. The molecule has 1 aliphatic heterocycles. The van der Waals surface area contributed by atoms with Crippen LogP contribution in [0.2, 0.25) is 0 Å². The molecule has 1 atom stereocenters. The van der Waals surface area contributed by atoms with E-state index in [0.29, 0.717) is 19.6 Å². The highest BCUT2D eigenvalue weighted by atomic mass is 16.7. The van der Waals surface area contributed by atoms with Crippen molar-refractivity contribution in [1.29, 1.82) is 0 Å². The first-order valence-electron chi connectivity index (χ1n) is 7.51. The fourth-order valence-electron chi connectivity index (χ4n) is 2.14. The van der Waals surface area contributed by atoms with Crippen LogP contribution in [0.15, 0.2) is 36.2 Å². The van der Waals surface area contributed by atoms with Crippen molar-refractivity contribution in [2.75, 3.05) is 18.5 Å². The standard InChI is InChI=1S/C16H25N3O2/c17-11-13-4-6-15(7-5-13)19-12-14(18)8-10-21-16-3-1-2-9-20-16/h4-7,12,16,19H,1-3,8-11,17-18H2/b14-12-. The second-order valence-corrected chi connectivity index (χ2v) is 5.18. The second-order valence-electron chi connectivity index (χ2n) is 5.18. The van der Waals surface area contributed by atoms with E-state index in [1.54, 1.807) is 0 Å². The van der Waals surface area contributed by atoms with E-state index in [4.69, 9.17) is 20.9 Å². The maximum Gasteiger partial charge on any atom is 0.157 e. The van der Waals surface area contributed by atoms with Gasteiger partial charge in [-0.15, -0.1) is 0 Å². The van der Waals surface area contributed by atoms with Crippen LogP contribution in [-0.4, -0.2) is 19.5 Å². The number of hydrogen-bond acceptors (Lipinski definition) is 5. The first-order valence-corrected chi connectivity index (χ1v) is 7.51. The minimum Gasteiger partial charge on any atom is -0.401 e. The monoisotopic (exact) mass is 291 g/mol. The van der Waals surface area contributed by atoms with Gasteiger partial charge >= 0.3 is 0 Å². The van der Waals surface area contributed by atoms with E-state index in [-0.39, 0.29) is 6.29 Å². The molecule has 0 radical (unpaired) electrons. The number of anilines is 1. The highest BCUT2D eigenvalue weighted by Crippen LogP contribution is 2.14. The summed E-state index contributed by atoms with van der Waals surface area (Å²) in [5.74, 6) is 0. The lowest BCUT2D eigenvalue weighted by molar-refractivity contribution is -0.161. The molecule has 5 N–H and O–H groups in total. The molecule has 21 heavy (non-hydrogen) atoms. The van der Waals surface area contributed by atoms with Crippen molar-refractivity contribution in [1.82, 2.24) is 0 Å². The molecule has 5 heteroatoms. The van der Waals surface area contributed by atoms with E-state index < -0.39 is 0 Å². The van der Waals surface area contributed by atoms with Gasteiger partial charge in [-0.3, -0.25) is 0 Å². The van der Waals surface area contributed by atoms with Crippen molar-refractivity contribution in [2.24, 2.45) is 11.5 Å². The predicted molar refractivity (Wildman–Crippen MR) is 84.4 cm³/mol. The summed E-state index contributed by atoms with van der Waals surface area (Å²) in [5, 5.41) is 3.17. The molecule has 1 unspecified atom stereocenters. The third-order valence-corrected chi connectivity index (χ3v) is 3.45. The molecule has 0 aliphatic carbocycles. The average molecular weight is 291 g/mol. The van der Waals surface area contributed by atoms with Gasteiger partial charge in [0.15, 0.2) is 6.29 Å². The summed E-state index contributed by atoms with van der Waals surface area (Å²) in [7, 11) is 0. The lowest BCUT2D eigenvalue weighted by atomic mass is 10.2. The molecule has 1 aromatic carbocycles. The maximum absolute atomic E-state index is 5.95. The van der Waals surface area contributed by atoms with Gasteiger partial charge < -0.3 is 26.3 Å². The first-order chi connectivity index (χ1) is 10.3. The van der Waals surface area contributed by atoms with Gasteiger partial charge in [0, 0.05) is 37.2 Å². The van der Waals surface area contributed by atoms with Crippen molar-refractivity contribution < 1.29 is 9.47 Å². The van der Waals surface area contributed by atoms with Gasteiger partial charge in [0.05, 0.1) is 6.61 Å². The van der Waals surface area contributed by atoms with E-state index in [9.17, 15) is 0 Å². The van der Waals surface area contributed by atoms with E-state index in [1.165, 1.54) is 6.42 Å². The van der Waals surface area contributed by atoms with Crippen molar-refractivity contribution in [3.63, 3.8) is 0 Å². The van der Waals surface area contributed by atoms with Crippen LogP contribution in [0, 0.1) is 0 Å². The molecule has 0 bridgehead atoms. The largest absolute Gasteiger partial charge is 0.401 e. The SMILES string of the molecule is NCc1ccc(N/C=C(\N)CCOC2CCCCO2)cc1. The molecule has 1 aromatic rings. The van der Waals surface area contributed by atoms with Crippen LogP contribution in [0.25, 0.3) is 0 Å². The van der Waals surface area contributed by atoms with E-state index in [0.717, 1.165) is 36.4 Å². The molecule has 1 aliphatic rings. The summed E-state index contributed by atoms with van der Waals surface area (Å²) in [6.45, 7) is 1.94. The van der Waals surface area contributed by atoms with Gasteiger partial charge in [-0.1, -0.05) is 12.1 Å². The number of ether oxygens (including phenoxy) is 2. The second kappa shape index (κ2) is 8.67. The van der Waals surface area contributed by atoms with E-state index in [1.807, 2.05) is 30.5 Å². The molecule has 0 amide bonds. The van der Waals surface area contributed by atoms with Crippen LogP contribution in [-0.2, 0) is 16.0 Å². The third kappa shape index (κ3) is 5.75. The fraction of sp³-hybridized carbons (Fsp3) is 0.500. The number of nitrogens with one attached hydrogen (secondary N) is 1. The highest BCUT2D eigenvalue weighted by Gasteiger charge is 2.13. The topological polar surface area (TPSA) is 82.5 Å². The molecule has 116 valence electrons. The summed E-state index contributed by atoms with van der Waals surface area (Å²) in [6.07, 6.45) is 5.74. The minimum absolute atomic E-state index is 0.0525. The Morgan fingerprint density at radius 1 is 1.33 bits per heavy atom.